The zero-order chi connectivity index (χ0) is 7.56. The summed E-state index contributed by atoms with van der Waals surface area (Å²) in [6, 6.07) is 5.06. The Balaban J connectivity index is 3.00. The van der Waals surface area contributed by atoms with Gasteiger partial charge < -0.3 is 0 Å². The Morgan fingerprint density at radius 1 is 1.30 bits per heavy atom. The van der Waals surface area contributed by atoms with Crippen LogP contribution in [0.5, 0.6) is 0 Å². The molecule has 0 saturated heterocycles. The molecule has 0 bridgehead atoms. The predicted molar refractivity (Wildman–Crippen MR) is 36.6 cm³/mol. The molecule has 52 valence electrons. The highest BCUT2D eigenvalue weighted by atomic mass is 35.5. The topological polar surface area (TPSA) is 17.1 Å². The maximum atomic E-state index is 12.2. The number of rotatable bonds is 1. The largest absolute Gasteiger partial charge is 0.276 e. The van der Waals surface area contributed by atoms with Gasteiger partial charge in [-0.15, -0.1) is 0 Å². The van der Waals surface area contributed by atoms with Gasteiger partial charge in [-0.3, -0.25) is 4.79 Å². The molecule has 0 aliphatic heterocycles. The van der Waals surface area contributed by atoms with Gasteiger partial charge in [0.15, 0.2) is 0 Å². The van der Waals surface area contributed by atoms with E-state index in [1.54, 1.807) is 0 Å². The molecule has 0 aromatic heterocycles. The van der Waals surface area contributed by atoms with Crippen LogP contribution in [0.2, 0.25) is 0 Å². The van der Waals surface area contributed by atoms with Crippen molar-refractivity contribution in [3.63, 3.8) is 0 Å². The molecule has 1 nitrogen and oxygen atoms in total. The van der Waals surface area contributed by atoms with Crippen molar-refractivity contribution in [2.75, 3.05) is 0 Å². The molecular formula is C7H4ClFO. The Bertz CT molecular complexity index is 242. The van der Waals surface area contributed by atoms with Crippen LogP contribution in [0.3, 0.4) is 0 Å². The third kappa shape index (κ3) is 1.54. The van der Waals surface area contributed by atoms with E-state index in [1.807, 2.05) is 0 Å². The molecule has 10 heavy (non-hydrogen) atoms. The maximum Gasteiger partial charge on any atom is 0.252 e. The van der Waals surface area contributed by atoms with E-state index < -0.39 is 5.24 Å². The summed E-state index contributed by atoms with van der Waals surface area (Å²) in [5, 5.41) is -0.569. The number of halogens is 2. The first-order valence-electron chi connectivity index (χ1n) is 2.65. The minimum Gasteiger partial charge on any atom is -0.276 e. The lowest BCUT2D eigenvalue weighted by atomic mass is 10.2. The Morgan fingerprint density at radius 3 is 2.20 bits per heavy atom. The third-order valence-corrected chi connectivity index (χ3v) is 1.29. The SMILES string of the molecule is O=C(Cl)c1ccc([18F])cc1. The average Bonchev–Trinajstić information content (AvgIpc) is 1.88. The summed E-state index contributed by atoms with van der Waals surface area (Å²) in [6.45, 7) is 0. The number of carbonyl (C=O) groups is 1. The summed E-state index contributed by atoms with van der Waals surface area (Å²) in [4.78, 5) is 10.4. The Labute approximate surface area is 62.4 Å². The van der Waals surface area contributed by atoms with Crippen molar-refractivity contribution in [3.8, 4) is 0 Å². The van der Waals surface area contributed by atoms with Crippen molar-refractivity contribution in [1.29, 1.82) is 0 Å². The molecule has 0 N–H and O–H groups in total. The highest BCUT2D eigenvalue weighted by Gasteiger charge is 1.99. The summed E-state index contributed by atoms with van der Waals surface area (Å²) in [6.07, 6.45) is 0. The zero-order valence-corrected chi connectivity index (χ0v) is 5.73. The van der Waals surface area contributed by atoms with Crippen LogP contribution in [0, 0.1) is 5.82 Å². The highest BCUT2D eigenvalue weighted by molar-refractivity contribution is 6.67. The lowest BCUT2D eigenvalue weighted by molar-refractivity contribution is 0.108. The van der Waals surface area contributed by atoms with Crippen molar-refractivity contribution in [2.24, 2.45) is 0 Å². The Kier molecular flexibility index (Phi) is 2.02. The van der Waals surface area contributed by atoms with E-state index in [0.717, 1.165) is 0 Å². The molecule has 3 heteroatoms. The quantitative estimate of drug-likeness (QED) is 0.572. The summed E-state index contributed by atoms with van der Waals surface area (Å²) in [5.41, 5.74) is 0.308. The van der Waals surface area contributed by atoms with Crippen LogP contribution in [-0.4, -0.2) is 5.24 Å². The van der Waals surface area contributed by atoms with Crippen LogP contribution in [0.25, 0.3) is 0 Å². The first-order chi connectivity index (χ1) is 4.70. The van der Waals surface area contributed by atoms with Gasteiger partial charge in [-0.25, -0.2) is 4.39 Å². The lowest BCUT2D eigenvalue weighted by Gasteiger charge is -1.90. The fourth-order valence-corrected chi connectivity index (χ4v) is 0.707. The van der Waals surface area contributed by atoms with Crippen LogP contribution in [0.15, 0.2) is 24.3 Å². The van der Waals surface area contributed by atoms with E-state index in [1.165, 1.54) is 24.3 Å². The second-order valence-electron chi connectivity index (χ2n) is 1.78. The third-order valence-electron chi connectivity index (χ3n) is 1.07. The van der Waals surface area contributed by atoms with Gasteiger partial charge in [0.05, 0.1) is 0 Å². The van der Waals surface area contributed by atoms with Gasteiger partial charge in [0.2, 0.25) is 0 Å². The van der Waals surface area contributed by atoms with Gasteiger partial charge >= 0.3 is 0 Å². The van der Waals surface area contributed by atoms with E-state index >= 15 is 0 Å². The summed E-state index contributed by atoms with van der Waals surface area (Å²) >= 11 is 5.09. The average molecular weight is 158 g/mol. The molecule has 0 spiro atoms. The monoisotopic (exact) mass is 157 g/mol. The molecule has 0 unspecified atom stereocenters. The fourth-order valence-electron chi connectivity index (χ4n) is 0.581. The van der Waals surface area contributed by atoms with E-state index in [2.05, 4.69) is 0 Å². The van der Waals surface area contributed by atoms with Crippen LogP contribution < -0.4 is 0 Å². The molecule has 0 saturated carbocycles. The first kappa shape index (κ1) is 7.22. The van der Waals surface area contributed by atoms with Crippen LogP contribution in [0.4, 0.5) is 4.39 Å². The maximum absolute atomic E-state index is 12.2. The second-order valence-corrected chi connectivity index (χ2v) is 2.12. The minimum atomic E-state index is -0.569. The van der Waals surface area contributed by atoms with Crippen molar-refractivity contribution in [2.45, 2.75) is 0 Å². The first-order valence-corrected chi connectivity index (χ1v) is 3.03. The summed E-state index contributed by atoms with van der Waals surface area (Å²) < 4.78 is 12.2. The van der Waals surface area contributed by atoms with Gasteiger partial charge in [0.1, 0.15) is 5.82 Å². The summed E-state index contributed by atoms with van der Waals surface area (Å²) in [5.74, 6) is -0.373. The smallest absolute Gasteiger partial charge is 0.252 e. The van der Waals surface area contributed by atoms with Crippen LogP contribution >= 0.6 is 11.6 Å². The van der Waals surface area contributed by atoms with Gasteiger partial charge in [-0.2, -0.15) is 0 Å². The Morgan fingerprint density at radius 2 is 1.80 bits per heavy atom. The molecular weight excluding hydrogens is 154 g/mol. The predicted octanol–water partition coefficient (Wildman–Crippen LogP) is 2.20. The van der Waals surface area contributed by atoms with E-state index in [9.17, 15) is 9.18 Å². The molecule has 0 atom stereocenters. The number of hydrogen-bond acceptors (Lipinski definition) is 1. The van der Waals surface area contributed by atoms with E-state index in [0.29, 0.717) is 5.56 Å². The molecule has 0 fully saturated rings. The molecule has 0 radical (unpaired) electrons. The standard InChI is InChI=1S/C7H4ClFO/c8-7(10)5-1-3-6(9)4-2-5/h1-4H/i9-1. The van der Waals surface area contributed by atoms with Gasteiger partial charge in [0, 0.05) is 5.56 Å². The van der Waals surface area contributed by atoms with E-state index in [-0.39, 0.29) is 5.82 Å². The van der Waals surface area contributed by atoms with Crippen LogP contribution in [-0.2, 0) is 0 Å². The van der Waals surface area contributed by atoms with Crippen molar-refractivity contribution >= 4 is 16.8 Å². The van der Waals surface area contributed by atoms with Gasteiger partial charge in [-0.1, -0.05) is 0 Å². The number of carbonyl (C=O) groups excluding carboxylic acids is 1. The second kappa shape index (κ2) is 2.80. The summed E-state index contributed by atoms with van der Waals surface area (Å²) in [7, 11) is 0. The molecule has 0 aliphatic carbocycles. The molecule has 0 heterocycles. The van der Waals surface area contributed by atoms with Crippen molar-refractivity contribution in [1.82, 2.24) is 0 Å². The number of benzene rings is 1. The van der Waals surface area contributed by atoms with Crippen molar-refractivity contribution in [3.05, 3.63) is 35.6 Å². The number of hydrogen-bond donors (Lipinski definition) is 0. The van der Waals surface area contributed by atoms with Gasteiger partial charge in [-0.05, 0) is 35.9 Å². The molecule has 1 rings (SSSR count). The molecule has 1 aromatic rings. The fraction of sp³-hybridized carbons (Fsp3) is 0. The van der Waals surface area contributed by atoms with Crippen molar-refractivity contribution < 1.29 is 9.18 Å². The van der Waals surface area contributed by atoms with Gasteiger partial charge in [0.25, 0.3) is 5.24 Å². The highest BCUT2D eigenvalue weighted by Crippen LogP contribution is 2.04. The van der Waals surface area contributed by atoms with E-state index in [4.69, 9.17) is 11.6 Å². The molecule has 0 aliphatic rings. The van der Waals surface area contributed by atoms with Crippen LogP contribution in [0.1, 0.15) is 10.4 Å². The molecule has 0 amide bonds. The normalized spacial score (nSPS) is 9.40. The lowest BCUT2D eigenvalue weighted by Crippen LogP contribution is -1.87. The molecule has 1 aromatic carbocycles. The Hall–Kier alpha value is -0.890. The zero-order valence-electron chi connectivity index (χ0n) is 4.97. The minimum absolute atomic E-state index is 0.308.